The van der Waals surface area contributed by atoms with Crippen LogP contribution >= 0.6 is 0 Å². The molecule has 0 bridgehead atoms. The number of aliphatic hydroxyl groups excluding tert-OH is 1. The lowest BCUT2D eigenvalue weighted by Gasteiger charge is -2.22. The minimum atomic E-state index is -0.254. The Bertz CT molecular complexity index is 543. The van der Waals surface area contributed by atoms with Gasteiger partial charge in [0.15, 0.2) is 0 Å². The molecule has 0 fully saturated rings. The number of carbonyl (C=O) groups excluding carboxylic acids is 1. The highest BCUT2D eigenvalue weighted by molar-refractivity contribution is 5.73. The zero-order valence-corrected chi connectivity index (χ0v) is 17.8. The molecule has 0 aliphatic heterocycles. The topological polar surface area (TPSA) is 66.6 Å². The lowest BCUT2D eigenvalue weighted by atomic mass is 10.1. The predicted octanol–water partition coefficient (Wildman–Crippen LogP) is 4.76. The summed E-state index contributed by atoms with van der Waals surface area (Å²) in [5.41, 5.74) is 7.75. The molecule has 28 heavy (non-hydrogen) atoms. The minimum absolute atomic E-state index is 0.254. The third kappa shape index (κ3) is 14.0. The molecule has 0 unspecified atom stereocenters. The summed E-state index contributed by atoms with van der Waals surface area (Å²) in [5, 5.41) is 7.00. The molecule has 0 aromatic heterocycles. The molecular formula is C24H38N2O2. The van der Waals surface area contributed by atoms with Gasteiger partial charge in [-0.25, -0.2) is 0 Å². The fourth-order valence-corrected chi connectivity index (χ4v) is 2.67. The second-order valence-electron chi connectivity index (χ2n) is 6.61. The van der Waals surface area contributed by atoms with Crippen LogP contribution in [0.1, 0.15) is 57.1 Å². The molecule has 0 aliphatic rings. The lowest BCUT2D eigenvalue weighted by Crippen LogP contribution is -2.27. The molecule has 2 aromatic rings. The second-order valence-corrected chi connectivity index (χ2v) is 6.61. The minimum Gasteiger partial charge on any atom is -0.400 e. The number of unbranched alkanes of at least 4 members (excludes halogenated alkanes) is 3. The van der Waals surface area contributed by atoms with Gasteiger partial charge in [0.1, 0.15) is 0 Å². The first-order chi connectivity index (χ1) is 13.7. The highest BCUT2D eigenvalue weighted by Crippen LogP contribution is 2.10. The number of nitrogens with zero attached hydrogens (tertiary/aromatic N) is 1. The summed E-state index contributed by atoms with van der Waals surface area (Å²) in [6.45, 7) is 6.79. The summed E-state index contributed by atoms with van der Waals surface area (Å²) in [6.07, 6.45) is 5.92. The van der Waals surface area contributed by atoms with Crippen molar-refractivity contribution in [1.29, 1.82) is 0 Å². The van der Waals surface area contributed by atoms with Crippen LogP contribution in [0.4, 0.5) is 0 Å². The van der Waals surface area contributed by atoms with Crippen LogP contribution in [0.5, 0.6) is 0 Å². The third-order valence-electron chi connectivity index (χ3n) is 4.13. The predicted molar refractivity (Wildman–Crippen MR) is 119 cm³/mol. The van der Waals surface area contributed by atoms with Crippen LogP contribution < -0.4 is 5.73 Å². The van der Waals surface area contributed by atoms with E-state index in [0.29, 0.717) is 13.0 Å². The van der Waals surface area contributed by atoms with E-state index in [1.165, 1.54) is 36.8 Å². The Morgan fingerprint density at radius 2 is 1.21 bits per heavy atom. The molecule has 0 saturated heterocycles. The standard InChI is InChI=1S/C17H20N2O.C6H14.CH4O/c18-17(20)11-12-19(13-15-7-3-1-4-8-15)14-16-9-5-2-6-10-16;1-3-5-6-4-2;1-2/h1-10H,11-14H2,(H2,18,20);3-6H2,1-2H3;2H,1H3. The van der Waals surface area contributed by atoms with Crippen molar-refractivity contribution in [2.45, 2.75) is 59.0 Å². The molecule has 0 aliphatic carbocycles. The van der Waals surface area contributed by atoms with Crippen LogP contribution in [0.15, 0.2) is 60.7 Å². The van der Waals surface area contributed by atoms with Gasteiger partial charge in [0.2, 0.25) is 5.91 Å². The summed E-state index contributed by atoms with van der Waals surface area (Å²) >= 11 is 0. The zero-order valence-electron chi connectivity index (χ0n) is 17.8. The fourth-order valence-electron chi connectivity index (χ4n) is 2.67. The van der Waals surface area contributed by atoms with Gasteiger partial charge in [0.05, 0.1) is 0 Å². The monoisotopic (exact) mass is 386 g/mol. The van der Waals surface area contributed by atoms with Crippen LogP contribution in [0, 0.1) is 0 Å². The molecule has 4 heteroatoms. The highest BCUT2D eigenvalue weighted by Gasteiger charge is 2.08. The van der Waals surface area contributed by atoms with Crippen molar-refractivity contribution in [3.63, 3.8) is 0 Å². The summed E-state index contributed by atoms with van der Waals surface area (Å²) in [5.74, 6) is -0.254. The number of rotatable bonds is 10. The van der Waals surface area contributed by atoms with Crippen molar-refractivity contribution < 1.29 is 9.90 Å². The number of amides is 1. The SMILES string of the molecule is CCCCCC.CO.NC(=O)CCN(Cc1ccccc1)Cc1ccccc1. The molecule has 0 spiro atoms. The number of nitrogens with two attached hydrogens (primary N) is 1. The van der Waals surface area contributed by atoms with E-state index in [9.17, 15) is 4.79 Å². The first kappa shape index (κ1) is 25.8. The smallest absolute Gasteiger partial charge is 0.218 e. The maximum atomic E-state index is 11.0. The van der Waals surface area contributed by atoms with Crippen molar-refractivity contribution in [3.05, 3.63) is 71.8 Å². The van der Waals surface area contributed by atoms with E-state index in [1.807, 2.05) is 36.4 Å². The van der Waals surface area contributed by atoms with Gasteiger partial charge in [-0.05, 0) is 11.1 Å². The van der Waals surface area contributed by atoms with Gasteiger partial charge in [-0.15, -0.1) is 0 Å². The van der Waals surface area contributed by atoms with Crippen molar-refractivity contribution in [3.8, 4) is 0 Å². The van der Waals surface area contributed by atoms with E-state index in [0.717, 1.165) is 20.2 Å². The molecule has 0 heterocycles. The number of hydrogen-bond acceptors (Lipinski definition) is 3. The molecular weight excluding hydrogens is 348 g/mol. The van der Waals surface area contributed by atoms with Crippen LogP contribution in [0.3, 0.4) is 0 Å². The number of benzene rings is 2. The van der Waals surface area contributed by atoms with Crippen LogP contribution in [-0.4, -0.2) is 29.6 Å². The van der Waals surface area contributed by atoms with Crippen LogP contribution in [-0.2, 0) is 17.9 Å². The third-order valence-corrected chi connectivity index (χ3v) is 4.13. The Kier molecular flexibility index (Phi) is 16.8. The summed E-state index contributed by atoms with van der Waals surface area (Å²) in [7, 11) is 1.00. The first-order valence-corrected chi connectivity index (χ1v) is 10.2. The zero-order chi connectivity index (χ0) is 21.0. The maximum absolute atomic E-state index is 11.0. The molecule has 4 nitrogen and oxygen atoms in total. The first-order valence-electron chi connectivity index (χ1n) is 10.2. The number of hydrogen-bond donors (Lipinski definition) is 2. The van der Waals surface area contributed by atoms with Crippen molar-refractivity contribution >= 4 is 5.91 Å². The Balaban J connectivity index is 0.000000780. The van der Waals surface area contributed by atoms with Crippen molar-refractivity contribution in [2.24, 2.45) is 5.73 Å². The molecule has 0 saturated carbocycles. The van der Waals surface area contributed by atoms with E-state index < -0.39 is 0 Å². The number of carbonyl (C=O) groups is 1. The van der Waals surface area contributed by atoms with E-state index in [1.54, 1.807) is 0 Å². The quantitative estimate of drug-likeness (QED) is 0.579. The molecule has 3 N–H and O–H groups in total. The van der Waals surface area contributed by atoms with Gasteiger partial charge < -0.3 is 10.8 Å². The molecule has 156 valence electrons. The van der Waals surface area contributed by atoms with E-state index in [4.69, 9.17) is 10.8 Å². The summed E-state index contributed by atoms with van der Waals surface area (Å²) in [6, 6.07) is 20.5. The summed E-state index contributed by atoms with van der Waals surface area (Å²) in [4.78, 5) is 13.2. The van der Waals surface area contributed by atoms with Crippen LogP contribution in [0.2, 0.25) is 0 Å². The van der Waals surface area contributed by atoms with Gasteiger partial charge in [-0.3, -0.25) is 9.69 Å². The lowest BCUT2D eigenvalue weighted by molar-refractivity contribution is -0.118. The average molecular weight is 387 g/mol. The Hall–Kier alpha value is -2.17. The normalized spacial score (nSPS) is 9.75. The molecule has 0 atom stereocenters. The molecule has 0 radical (unpaired) electrons. The van der Waals surface area contributed by atoms with E-state index >= 15 is 0 Å². The van der Waals surface area contributed by atoms with Gasteiger partial charge in [0, 0.05) is 33.2 Å². The maximum Gasteiger partial charge on any atom is 0.218 e. The van der Waals surface area contributed by atoms with Gasteiger partial charge in [-0.2, -0.15) is 0 Å². The van der Waals surface area contributed by atoms with Gasteiger partial charge in [0.25, 0.3) is 0 Å². The highest BCUT2D eigenvalue weighted by atomic mass is 16.2. The molecule has 2 rings (SSSR count). The fraction of sp³-hybridized carbons (Fsp3) is 0.458. The van der Waals surface area contributed by atoms with Gasteiger partial charge >= 0.3 is 0 Å². The Morgan fingerprint density at radius 1 is 0.821 bits per heavy atom. The van der Waals surface area contributed by atoms with Crippen molar-refractivity contribution in [2.75, 3.05) is 13.7 Å². The number of primary amides is 1. The number of aliphatic hydroxyl groups is 1. The van der Waals surface area contributed by atoms with Crippen LogP contribution in [0.25, 0.3) is 0 Å². The molecule has 1 amide bonds. The van der Waals surface area contributed by atoms with Crippen molar-refractivity contribution in [1.82, 2.24) is 4.90 Å². The summed E-state index contributed by atoms with van der Waals surface area (Å²) < 4.78 is 0. The second kappa shape index (κ2) is 18.2. The van der Waals surface area contributed by atoms with Gasteiger partial charge in [-0.1, -0.05) is 100 Å². The largest absolute Gasteiger partial charge is 0.400 e. The van der Waals surface area contributed by atoms with E-state index in [-0.39, 0.29) is 5.91 Å². The average Bonchev–Trinajstić information content (AvgIpc) is 2.74. The Labute approximate surface area is 171 Å². The molecule has 2 aromatic carbocycles. The van der Waals surface area contributed by atoms with E-state index in [2.05, 4.69) is 43.0 Å². The Morgan fingerprint density at radius 3 is 1.54 bits per heavy atom.